The Balaban J connectivity index is 1.74. The van der Waals surface area contributed by atoms with Gasteiger partial charge in [-0.25, -0.2) is 0 Å². The molecule has 1 aliphatic rings. The summed E-state index contributed by atoms with van der Waals surface area (Å²) in [6.07, 6.45) is 2.33. The number of halogens is 1. The molecule has 2 N–H and O–H groups in total. The van der Waals surface area contributed by atoms with E-state index < -0.39 is 0 Å². The molecule has 1 saturated heterocycles. The van der Waals surface area contributed by atoms with Gasteiger partial charge in [0.2, 0.25) is 0 Å². The molecule has 1 aromatic rings. The van der Waals surface area contributed by atoms with E-state index in [0.717, 1.165) is 37.6 Å². The van der Waals surface area contributed by atoms with Crippen molar-refractivity contribution in [2.24, 2.45) is 5.73 Å². The molecule has 4 heteroatoms. The first-order valence-electron chi connectivity index (χ1n) is 7.13. The van der Waals surface area contributed by atoms with Gasteiger partial charge in [0.15, 0.2) is 0 Å². The van der Waals surface area contributed by atoms with Crippen LogP contribution in [0, 0.1) is 0 Å². The monoisotopic (exact) mass is 281 g/mol. The molecule has 0 radical (unpaired) electrons. The van der Waals surface area contributed by atoms with Crippen molar-refractivity contribution in [3.63, 3.8) is 0 Å². The van der Waals surface area contributed by atoms with Crippen molar-refractivity contribution in [1.29, 1.82) is 0 Å². The molecular formula is C15H24ClN3. The molecule has 1 unspecified atom stereocenters. The summed E-state index contributed by atoms with van der Waals surface area (Å²) in [5, 5.41) is 0.804. The van der Waals surface area contributed by atoms with Crippen LogP contribution in [0.15, 0.2) is 24.3 Å². The largest absolute Gasteiger partial charge is 0.369 e. The van der Waals surface area contributed by atoms with E-state index in [1.54, 1.807) is 0 Å². The highest BCUT2D eigenvalue weighted by Crippen LogP contribution is 2.19. The summed E-state index contributed by atoms with van der Waals surface area (Å²) in [6.45, 7) is 7.73. The number of rotatable bonds is 5. The van der Waals surface area contributed by atoms with E-state index in [2.05, 4.69) is 28.9 Å². The van der Waals surface area contributed by atoms with Crippen molar-refractivity contribution in [3.8, 4) is 0 Å². The zero-order chi connectivity index (χ0) is 13.7. The summed E-state index contributed by atoms with van der Waals surface area (Å²) in [4.78, 5) is 4.97. The van der Waals surface area contributed by atoms with E-state index in [0.29, 0.717) is 6.04 Å². The van der Waals surface area contributed by atoms with Crippen molar-refractivity contribution < 1.29 is 0 Å². The van der Waals surface area contributed by atoms with Gasteiger partial charge in [-0.3, -0.25) is 4.90 Å². The van der Waals surface area contributed by atoms with Gasteiger partial charge in [-0.05, 0) is 50.6 Å². The smallest absolute Gasteiger partial charge is 0.0407 e. The second-order valence-electron chi connectivity index (χ2n) is 5.42. The molecule has 0 amide bonds. The zero-order valence-electron chi connectivity index (χ0n) is 11.7. The van der Waals surface area contributed by atoms with E-state index in [9.17, 15) is 0 Å². The molecule has 106 valence electrons. The molecule has 0 spiro atoms. The zero-order valence-corrected chi connectivity index (χ0v) is 12.4. The average molecular weight is 282 g/mol. The lowest BCUT2D eigenvalue weighted by atomic mass is 10.2. The third kappa shape index (κ3) is 4.68. The normalized spacial score (nSPS) is 18.6. The summed E-state index contributed by atoms with van der Waals surface area (Å²) in [5.41, 5.74) is 7.06. The Morgan fingerprint density at radius 1 is 1.16 bits per heavy atom. The maximum Gasteiger partial charge on any atom is 0.0407 e. The molecule has 0 bridgehead atoms. The quantitative estimate of drug-likeness (QED) is 0.900. The number of piperazine rings is 1. The number of hydrogen-bond donors (Lipinski definition) is 1. The van der Waals surface area contributed by atoms with Crippen LogP contribution in [0.2, 0.25) is 5.02 Å². The Labute approximate surface area is 121 Å². The fourth-order valence-electron chi connectivity index (χ4n) is 2.52. The van der Waals surface area contributed by atoms with Crippen LogP contribution < -0.4 is 10.6 Å². The Bertz CT molecular complexity index is 369. The average Bonchev–Trinajstić information content (AvgIpc) is 2.40. The molecule has 1 fully saturated rings. The maximum absolute atomic E-state index is 5.92. The highest BCUT2D eigenvalue weighted by Gasteiger charge is 2.16. The van der Waals surface area contributed by atoms with E-state index >= 15 is 0 Å². The molecule has 19 heavy (non-hydrogen) atoms. The molecule has 3 nitrogen and oxygen atoms in total. The summed E-state index contributed by atoms with van der Waals surface area (Å²) in [6, 6.07) is 8.47. The molecule has 0 aromatic heterocycles. The fourth-order valence-corrected chi connectivity index (χ4v) is 2.64. The fraction of sp³-hybridized carbons (Fsp3) is 0.600. The maximum atomic E-state index is 5.92. The van der Waals surface area contributed by atoms with Crippen LogP contribution in [0.25, 0.3) is 0 Å². The third-order valence-corrected chi connectivity index (χ3v) is 3.95. The summed E-state index contributed by atoms with van der Waals surface area (Å²) in [5.74, 6) is 0. The summed E-state index contributed by atoms with van der Waals surface area (Å²) in [7, 11) is 0. The van der Waals surface area contributed by atoms with Gasteiger partial charge in [0.05, 0.1) is 0 Å². The van der Waals surface area contributed by atoms with Crippen molar-refractivity contribution in [2.45, 2.75) is 25.8 Å². The van der Waals surface area contributed by atoms with Gasteiger partial charge in [0.25, 0.3) is 0 Å². The molecule has 0 aliphatic carbocycles. The summed E-state index contributed by atoms with van der Waals surface area (Å²) < 4.78 is 0. The highest BCUT2D eigenvalue weighted by molar-refractivity contribution is 6.30. The van der Waals surface area contributed by atoms with Gasteiger partial charge in [-0.15, -0.1) is 0 Å². The van der Waals surface area contributed by atoms with Crippen molar-refractivity contribution >= 4 is 17.3 Å². The minimum atomic E-state index is 0.329. The first-order valence-corrected chi connectivity index (χ1v) is 7.51. The number of nitrogens with zero attached hydrogens (tertiary/aromatic N) is 2. The predicted octanol–water partition coefficient (Wildman–Crippen LogP) is 2.59. The van der Waals surface area contributed by atoms with Crippen molar-refractivity contribution in [3.05, 3.63) is 29.3 Å². The predicted molar refractivity (Wildman–Crippen MR) is 83.0 cm³/mol. The first-order chi connectivity index (χ1) is 9.15. The number of nitrogens with two attached hydrogens (primary N) is 1. The van der Waals surface area contributed by atoms with E-state index in [1.165, 1.54) is 18.7 Å². The van der Waals surface area contributed by atoms with Crippen LogP contribution in [0.5, 0.6) is 0 Å². The van der Waals surface area contributed by atoms with Crippen LogP contribution in [0.3, 0.4) is 0 Å². The lowest BCUT2D eigenvalue weighted by molar-refractivity contribution is 0.251. The van der Waals surface area contributed by atoms with Crippen LogP contribution >= 0.6 is 11.6 Å². The van der Waals surface area contributed by atoms with E-state index in [-0.39, 0.29) is 0 Å². The Morgan fingerprint density at radius 3 is 2.37 bits per heavy atom. The van der Waals surface area contributed by atoms with Crippen LogP contribution in [-0.4, -0.2) is 43.7 Å². The molecule has 1 aliphatic heterocycles. The standard InChI is InChI=1S/C15H24ClN3/c1-13(17)3-2-8-18-9-11-19(12-10-18)15-6-4-14(16)5-7-15/h4-7,13H,2-3,8-12,17H2,1H3. The summed E-state index contributed by atoms with van der Waals surface area (Å²) >= 11 is 5.92. The highest BCUT2D eigenvalue weighted by atomic mass is 35.5. The van der Waals surface area contributed by atoms with Gasteiger partial charge in [0.1, 0.15) is 0 Å². The second kappa shape index (κ2) is 7.13. The Hall–Kier alpha value is -0.770. The lowest BCUT2D eigenvalue weighted by Gasteiger charge is -2.36. The minimum Gasteiger partial charge on any atom is -0.369 e. The van der Waals surface area contributed by atoms with Crippen molar-refractivity contribution in [2.75, 3.05) is 37.6 Å². The Kier molecular flexibility index (Phi) is 5.49. The molecule has 0 saturated carbocycles. The molecule has 1 heterocycles. The molecular weight excluding hydrogens is 258 g/mol. The van der Waals surface area contributed by atoms with Gasteiger partial charge in [-0.2, -0.15) is 0 Å². The van der Waals surface area contributed by atoms with Gasteiger partial charge in [-0.1, -0.05) is 11.6 Å². The topological polar surface area (TPSA) is 32.5 Å². The van der Waals surface area contributed by atoms with Crippen LogP contribution in [0.4, 0.5) is 5.69 Å². The number of benzene rings is 1. The first kappa shape index (κ1) is 14.6. The van der Waals surface area contributed by atoms with Crippen LogP contribution in [0.1, 0.15) is 19.8 Å². The lowest BCUT2D eigenvalue weighted by Crippen LogP contribution is -2.46. The molecule has 1 atom stereocenters. The number of anilines is 1. The minimum absolute atomic E-state index is 0.329. The molecule has 1 aromatic carbocycles. The number of hydrogen-bond acceptors (Lipinski definition) is 3. The Morgan fingerprint density at radius 2 is 1.79 bits per heavy atom. The van der Waals surface area contributed by atoms with E-state index in [4.69, 9.17) is 17.3 Å². The van der Waals surface area contributed by atoms with Crippen LogP contribution in [-0.2, 0) is 0 Å². The SMILES string of the molecule is CC(N)CCCN1CCN(c2ccc(Cl)cc2)CC1. The third-order valence-electron chi connectivity index (χ3n) is 3.70. The van der Waals surface area contributed by atoms with E-state index in [1.807, 2.05) is 12.1 Å². The second-order valence-corrected chi connectivity index (χ2v) is 5.86. The van der Waals surface area contributed by atoms with Gasteiger partial charge >= 0.3 is 0 Å². The molecule has 2 rings (SSSR count). The van der Waals surface area contributed by atoms with Gasteiger partial charge in [0, 0.05) is 42.9 Å². The van der Waals surface area contributed by atoms with Gasteiger partial charge < -0.3 is 10.6 Å². The van der Waals surface area contributed by atoms with Crippen molar-refractivity contribution in [1.82, 2.24) is 4.90 Å².